The molecule has 1 fully saturated rings. The van der Waals surface area contributed by atoms with Gasteiger partial charge in [-0.1, -0.05) is 12.8 Å². The van der Waals surface area contributed by atoms with E-state index in [9.17, 15) is 0 Å². The molecule has 90 valence electrons. The standard InChI is InChI=1S/C12H21N3S/c1-15-7-6-11(14-15)8-10(13)9-16-12-4-2-3-5-12/h6-7,10,12H,2-5,8-9,13H2,1H3. The van der Waals surface area contributed by atoms with Crippen LogP contribution in [0.3, 0.4) is 0 Å². The van der Waals surface area contributed by atoms with E-state index in [4.69, 9.17) is 5.73 Å². The number of aromatic nitrogens is 2. The van der Waals surface area contributed by atoms with Crippen molar-refractivity contribution >= 4 is 11.8 Å². The van der Waals surface area contributed by atoms with Crippen molar-refractivity contribution in [2.24, 2.45) is 12.8 Å². The third-order valence-electron chi connectivity index (χ3n) is 3.09. The lowest BCUT2D eigenvalue weighted by molar-refractivity contribution is 0.689. The molecule has 1 unspecified atom stereocenters. The summed E-state index contributed by atoms with van der Waals surface area (Å²) in [5.74, 6) is 1.07. The number of nitrogens with two attached hydrogens (primary N) is 1. The molecular formula is C12H21N3S. The summed E-state index contributed by atoms with van der Waals surface area (Å²) in [5.41, 5.74) is 7.24. The van der Waals surface area contributed by atoms with Gasteiger partial charge in [-0.05, 0) is 18.9 Å². The Bertz CT molecular complexity index is 318. The summed E-state index contributed by atoms with van der Waals surface area (Å²) < 4.78 is 1.84. The van der Waals surface area contributed by atoms with E-state index in [1.165, 1.54) is 25.7 Å². The fourth-order valence-corrected chi connectivity index (χ4v) is 3.52. The van der Waals surface area contributed by atoms with Crippen LogP contribution in [0.5, 0.6) is 0 Å². The average Bonchev–Trinajstić information content (AvgIpc) is 2.87. The molecule has 1 atom stereocenters. The molecular weight excluding hydrogens is 218 g/mol. The molecule has 0 spiro atoms. The lowest BCUT2D eigenvalue weighted by atomic mass is 10.2. The monoisotopic (exact) mass is 239 g/mol. The first-order valence-corrected chi connectivity index (χ1v) is 7.14. The molecule has 0 aromatic carbocycles. The molecule has 0 bridgehead atoms. The van der Waals surface area contributed by atoms with E-state index in [0.29, 0.717) is 0 Å². The van der Waals surface area contributed by atoms with Crippen LogP contribution >= 0.6 is 11.8 Å². The summed E-state index contributed by atoms with van der Waals surface area (Å²) in [5, 5.41) is 5.23. The summed E-state index contributed by atoms with van der Waals surface area (Å²) >= 11 is 2.06. The fraction of sp³-hybridized carbons (Fsp3) is 0.750. The van der Waals surface area contributed by atoms with Crippen LogP contribution in [0.2, 0.25) is 0 Å². The van der Waals surface area contributed by atoms with Crippen LogP contribution in [0.15, 0.2) is 12.3 Å². The first kappa shape index (κ1) is 12.0. The van der Waals surface area contributed by atoms with Gasteiger partial charge in [0.05, 0.1) is 5.69 Å². The van der Waals surface area contributed by atoms with Crippen molar-refractivity contribution < 1.29 is 0 Å². The summed E-state index contributed by atoms with van der Waals surface area (Å²) in [7, 11) is 1.95. The lowest BCUT2D eigenvalue weighted by Gasteiger charge is -2.13. The Kier molecular flexibility index (Phi) is 4.29. The molecule has 1 aromatic rings. The Labute approximate surface area is 102 Å². The predicted octanol–water partition coefficient (Wildman–Crippen LogP) is 1.97. The molecule has 4 heteroatoms. The highest BCUT2D eigenvalue weighted by Crippen LogP contribution is 2.29. The minimum Gasteiger partial charge on any atom is -0.327 e. The molecule has 0 saturated heterocycles. The molecule has 0 aliphatic heterocycles. The zero-order valence-electron chi connectivity index (χ0n) is 9.93. The van der Waals surface area contributed by atoms with E-state index >= 15 is 0 Å². The fourth-order valence-electron chi connectivity index (χ4n) is 2.21. The van der Waals surface area contributed by atoms with Gasteiger partial charge in [-0.25, -0.2) is 0 Å². The molecule has 0 amide bonds. The van der Waals surface area contributed by atoms with E-state index < -0.39 is 0 Å². The maximum atomic E-state index is 6.12. The quantitative estimate of drug-likeness (QED) is 0.854. The van der Waals surface area contributed by atoms with Crippen molar-refractivity contribution in [1.29, 1.82) is 0 Å². The molecule has 16 heavy (non-hydrogen) atoms. The van der Waals surface area contributed by atoms with Gasteiger partial charge in [-0.2, -0.15) is 16.9 Å². The highest BCUT2D eigenvalue weighted by Gasteiger charge is 2.16. The van der Waals surface area contributed by atoms with Gasteiger partial charge in [0.15, 0.2) is 0 Å². The summed E-state index contributed by atoms with van der Waals surface area (Å²) in [6.07, 6.45) is 8.48. The number of aryl methyl sites for hydroxylation is 1. The number of thioether (sulfide) groups is 1. The highest BCUT2D eigenvalue weighted by molar-refractivity contribution is 7.99. The first-order valence-electron chi connectivity index (χ1n) is 6.10. The highest BCUT2D eigenvalue weighted by atomic mass is 32.2. The van der Waals surface area contributed by atoms with Crippen molar-refractivity contribution in [1.82, 2.24) is 9.78 Å². The molecule has 3 nitrogen and oxygen atoms in total. The van der Waals surface area contributed by atoms with Gasteiger partial charge in [0.25, 0.3) is 0 Å². The minimum atomic E-state index is 0.250. The van der Waals surface area contributed by atoms with Crippen LogP contribution in [0, 0.1) is 0 Å². The smallest absolute Gasteiger partial charge is 0.0640 e. The van der Waals surface area contributed by atoms with Gasteiger partial charge in [0, 0.05) is 36.7 Å². The van der Waals surface area contributed by atoms with Crippen LogP contribution in [-0.2, 0) is 13.5 Å². The van der Waals surface area contributed by atoms with Crippen LogP contribution in [0.25, 0.3) is 0 Å². The van der Waals surface area contributed by atoms with Crippen LogP contribution < -0.4 is 5.73 Å². The van der Waals surface area contributed by atoms with E-state index in [-0.39, 0.29) is 6.04 Å². The third kappa shape index (κ3) is 3.52. The summed E-state index contributed by atoms with van der Waals surface area (Å²) in [4.78, 5) is 0. The van der Waals surface area contributed by atoms with Crippen LogP contribution in [0.4, 0.5) is 0 Å². The maximum absolute atomic E-state index is 6.12. The van der Waals surface area contributed by atoms with E-state index in [2.05, 4.69) is 22.9 Å². The Balaban J connectivity index is 1.69. The Morgan fingerprint density at radius 3 is 2.94 bits per heavy atom. The second-order valence-corrected chi connectivity index (χ2v) is 6.02. The Hall–Kier alpha value is -0.480. The first-order chi connectivity index (χ1) is 7.74. The molecule has 1 aliphatic rings. The second kappa shape index (κ2) is 5.73. The average molecular weight is 239 g/mol. The SMILES string of the molecule is Cn1ccc(CC(N)CSC2CCCC2)n1. The van der Waals surface area contributed by atoms with Gasteiger partial charge >= 0.3 is 0 Å². The summed E-state index contributed by atoms with van der Waals surface area (Å²) in [6, 6.07) is 2.31. The van der Waals surface area contributed by atoms with Crippen molar-refractivity contribution in [2.75, 3.05) is 5.75 Å². The lowest BCUT2D eigenvalue weighted by Crippen LogP contribution is -2.26. The number of hydrogen-bond donors (Lipinski definition) is 1. The topological polar surface area (TPSA) is 43.8 Å². The molecule has 1 aliphatic carbocycles. The molecule has 1 aromatic heterocycles. The van der Waals surface area contributed by atoms with Crippen LogP contribution in [0.1, 0.15) is 31.4 Å². The molecule has 2 rings (SSSR count). The molecule has 1 saturated carbocycles. The minimum absolute atomic E-state index is 0.250. The predicted molar refractivity (Wildman–Crippen MR) is 69.6 cm³/mol. The van der Waals surface area contributed by atoms with Gasteiger partial charge in [-0.3, -0.25) is 4.68 Å². The Morgan fingerprint density at radius 1 is 1.56 bits per heavy atom. The van der Waals surface area contributed by atoms with Gasteiger partial charge in [-0.15, -0.1) is 0 Å². The number of nitrogens with zero attached hydrogens (tertiary/aromatic N) is 2. The van der Waals surface area contributed by atoms with E-state index in [1.54, 1.807) is 0 Å². The third-order valence-corrected chi connectivity index (χ3v) is 4.65. The summed E-state index contributed by atoms with van der Waals surface area (Å²) in [6.45, 7) is 0. The van der Waals surface area contributed by atoms with Gasteiger partial charge < -0.3 is 5.73 Å². The number of hydrogen-bond acceptors (Lipinski definition) is 3. The van der Waals surface area contributed by atoms with E-state index in [1.807, 2.05) is 17.9 Å². The zero-order valence-corrected chi connectivity index (χ0v) is 10.7. The van der Waals surface area contributed by atoms with Crippen molar-refractivity contribution in [3.05, 3.63) is 18.0 Å². The van der Waals surface area contributed by atoms with Gasteiger partial charge in [0.1, 0.15) is 0 Å². The maximum Gasteiger partial charge on any atom is 0.0640 e. The van der Waals surface area contributed by atoms with Gasteiger partial charge in [0.2, 0.25) is 0 Å². The zero-order chi connectivity index (χ0) is 11.4. The van der Waals surface area contributed by atoms with Crippen molar-refractivity contribution in [3.63, 3.8) is 0 Å². The Morgan fingerprint density at radius 2 is 2.31 bits per heavy atom. The normalized spacial score (nSPS) is 19.1. The largest absolute Gasteiger partial charge is 0.327 e. The van der Waals surface area contributed by atoms with Crippen LogP contribution in [-0.4, -0.2) is 26.8 Å². The molecule has 2 N–H and O–H groups in total. The molecule has 0 radical (unpaired) electrons. The molecule has 1 heterocycles. The number of rotatable bonds is 5. The second-order valence-electron chi connectivity index (χ2n) is 4.68. The van der Waals surface area contributed by atoms with Crippen molar-refractivity contribution in [3.8, 4) is 0 Å². The van der Waals surface area contributed by atoms with Crippen molar-refractivity contribution in [2.45, 2.75) is 43.4 Å². The van der Waals surface area contributed by atoms with E-state index in [0.717, 1.165) is 23.1 Å².